The Labute approximate surface area is 95.4 Å². The molecule has 0 atom stereocenters. The van der Waals surface area contributed by atoms with Crippen LogP contribution in [0.15, 0.2) is 29.6 Å². The molecule has 16 heavy (non-hydrogen) atoms. The molecule has 1 aromatic carbocycles. The van der Waals surface area contributed by atoms with Gasteiger partial charge in [0.1, 0.15) is 12.1 Å². The number of nitrogens with zero attached hydrogens (tertiary/aromatic N) is 3. The van der Waals surface area contributed by atoms with Crippen LogP contribution in [-0.2, 0) is 0 Å². The Bertz CT molecular complexity index is 476. The second-order valence-corrected chi connectivity index (χ2v) is 3.25. The van der Waals surface area contributed by atoms with Gasteiger partial charge in [0.05, 0.1) is 11.2 Å². The molecule has 7 heteroatoms. The average Bonchev–Trinajstić information content (AvgIpc) is 2.75. The second-order valence-electron chi connectivity index (χ2n) is 2.84. The number of H-pyrrole nitrogens is 1. The van der Waals surface area contributed by atoms with Crippen molar-refractivity contribution in [1.82, 2.24) is 15.2 Å². The molecule has 82 valence electrons. The minimum Gasteiger partial charge on any atom is -0.246 e. The van der Waals surface area contributed by atoms with E-state index in [1.54, 1.807) is 6.07 Å². The van der Waals surface area contributed by atoms with E-state index in [-0.39, 0.29) is 5.56 Å². The lowest BCUT2D eigenvalue weighted by Gasteiger charge is -1.98. The Morgan fingerprint density at radius 3 is 3.06 bits per heavy atom. The van der Waals surface area contributed by atoms with E-state index in [0.29, 0.717) is 11.0 Å². The van der Waals surface area contributed by atoms with E-state index in [0.717, 1.165) is 0 Å². The lowest BCUT2D eigenvalue weighted by Crippen LogP contribution is -1.95. The minimum atomic E-state index is -0.435. The van der Waals surface area contributed by atoms with Gasteiger partial charge in [0.2, 0.25) is 5.95 Å². The number of hydrogen-bond donors (Lipinski definition) is 2. The maximum atomic E-state index is 13.3. The first kappa shape index (κ1) is 10.6. The van der Waals surface area contributed by atoms with Gasteiger partial charge in [-0.1, -0.05) is 17.7 Å². The summed E-state index contributed by atoms with van der Waals surface area (Å²) in [6.45, 7) is 0. The number of anilines is 1. The predicted octanol–water partition coefficient (Wildman–Crippen LogP) is 2.04. The largest absolute Gasteiger partial charge is 0.246 e. The van der Waals surface area contributed by atoms with Crippen LogP contribution in [-0.4, -0.2) is 21.4 Å². The third-order valence-corrected chi connectivity index (χ3v) is 2.11. The number of hydrazone groups is 1. The minimum absolute atomic E-state index is 0.219. The first-order valence-corrected chi connectivity index (χ1v) is 4.73. The third kappa shape index (κ3) is 2.34. The number of nitrogens with one attached hydrogen (secondary N) is 2. The van der Waals surface area contributed by atoms with Crippen molar-refractivity contribution >= 4 is 23.8 Å². The van der Waals surface area contributed by atoms with Gasteiger partial charge in [-0.15, -0.1) is 0 Å². The van der Waals surface area contributed by atoms with E-state index in [2.05, 4.69) is 25.7 Å². The van der Waals surface area contributed by atoms with E-state index in [1.165, 1.54) is 24.7 Å². The van der Waals surface area contributed by atoms with Gasteiger partial charge >= 0.3 is 0 Å². The van der Waals surface area contributed by atoms with Crippen molar-refractivity contribution in [3.05, 3.63) is 40.9 Å². The zero-order valence-electron chi connectivity index (χ0n) is 7.98. The summed E-state index contributed by atoms with van der Waals surface area (Å²) in [6.07, 6.45) is 2.61. The number of aromatic amines is 1. The summed E-state index contributed by atoms with van der Waals surface area (Å²) in [4.78, 5) is 3.77. The molecule has 0 bridgehead atoms. The van der Waals surface area contributed by atoms with Crippen molar-refractivity contribution in [3.8, 4) is 0 Å². The highest BCUT2D eigenvalue weighted by Gasteiger charge is 2.03. The number of rotatable bonds is 3. The topological polar surface area (TPSA) is 66.0 Å². The first-order valence-electron chi connectivity index (χ1n) is 4.36. The van der Waals surface area contributed by atoms with Crippen LogP contribution in [0.3, 0.4) is 0 Å². The molecule has 1 aromatic heterocycles. The van der Waals surface area contributed by atoms with Crippen LogP contribution in [0, 0.1) is 5.82 Å². The molecule has 1 heterocycles. The van der Waals surface area contributed by atoms with Gasteiger partial charge < -0.3 is 0 Å². The van der Waals surface area contributed by atoms with Crippen molar-refractivity contribution in [3.63, 3.8) is 0 Å². The summed E-state index contributed by atoms with van der Waals surface area (Å²) in [7, 11) is 0. The van der Waals surface area contributed by atoms with Crippen LogP contribution < -0.4 is 5.43 Å². The van der Waals surface area contributed by atoms with Crippen LogP contribution in [0.4, 0.5) is 10.3 Å². The molecule has 0 aliphatic rings. The summed E-state index contributed by atoms with van der Waals surface area (Å²) in [5, 5.41) is 10.2. The van der Waals surface area contributed by atoms with Gasteiger partial charge in [-0.2, -0.15) is 15.2 Å². The van der Waals surface area contributed by atoms with Crippen LogP contribution in [0.25, 0.3) is 0 Å². The van der Waals surface area contributed by atoms with Crippen molar-refractivity contribution in [2.75, 3.05) is 5.43 Å². The molecule has 0 unspecified atom stereocenters. The zero-order chi connectivity index (χ0) is 11.4. The Kier molecular flexibility index (Phi) is 3.11. The van der Waals surface area contributed by atoms with Gasteiger partial charge in [0, 0.05) is 5.56 Å². The van der Waals surface area contributed by atoms with Gasteiger partial charge in [0.25, 0.3) is 0 Å². The number of hydrogen-bond acceptors (Lipinski definition) is 4. The number of aromatic nitrogens is 3. The van der Waals surface area contributed by atoms with E-state index >= 15 is 0 Å². The summed E-state index contributed by atoms with van der Waals surface area (Å²) >= 11 is 5.80. The van der Waals surface area contributed by atoms with Gasteiger partial charge in [-0.05, 0) is 12.1 Å². The fourth-order valence-corrected chi connectivity index (χ4v) is 1.26. The van der Waals surface area contributed by atoms with Crippen molar-refractivity contribution in [1.29, 1.82) is 0 Å². The molecule has 2 aromatic rings. The molecular formula is C9H7ClFN5. The molecule has 5 nitrogen and oxygen atoms in total. The third-order valence-electron chi connectivity index (χ3n) is 1.78. The smallest absolute Gasteiger partial charge is 0.239 e. The van der Waals surface area contributed by atoms with Crippen molar-refractivity contribution < 1.29 is 4.39 Å². The Morgan fingerprint density at radius 2 is 2.38 bits per heavy atom. The van der Waals surface area contributed by atoms with Gasteiger partial charge in [-0.3, -0.25) is 0 Å². The SMILES string of the molecule is Fc1cccc(Cl)c1C=NNc1ncn[nH]1. The van der Waals surface area contributed by atoms with E-state index in [9.17, 15) is 4.39 Å². The maximum Gasteiger partial charge on any atom is 0.239 e. The molecule has 0 aliphatic carbocycles. The highest BCUT2D eigenvalue weighted by atomic mass is 35.5. The highest BCUT2D eigenvalue weighted by Crippen LogP contribution is 2.16. The molecule has 0 saturated heterocycles. The molecule has 2 rings (SSSR count). The molecule has 0 saturated carbocycles. The highest BCUT2D eigenvalue weighted by molar-refractivity contribution is 6.33. The van der Waals surface area contributed by atoms with Crippen LogP contribution in [0.5, 0.6) is 0 Å². The summed E-state index contributed by atoms with van der Waals surface area (Å²) < 4.78 is 13.3. The van der Waals surface area contributed by atoms with E-state index in [4.69, 9.17) is 11.6 Å². The number of benzene rings is 1. The molecular weight excluding hydrogens is 233 g/mol. The Balaban J connectivity index is 2.12. The first-order chi connectivity index (χ1) is 7.77. The van der Waals surface area contributed by atoms with Crippen LogP contribution in [0.2, 0.25) is 5.02 Å². The second kappa shape index (κ2) is 4.71. The number of halogens is 2. The monoisotopic (exact) mass is 239 g/mol. The van der Waals surface area contributed by atoms with Gasteiger partial charge in [-0.25, -0.2) is 14.9 Å². The molecule has 0 aliphatic heterocycles. The predicted molar refractivity (Wildman–Crippen MR) is 59.0 cm³/mol. The zero-order valence-corrected chi connectivity index (χ0v) is 8.74. The maximum absolute atomic E-state index is 13.3. The lowest BCUT2D eigenvalue weighted by molar-refractivity contribution is 0.626. The molecule has 0 spiro atoms. The fourth-order valence-electron chi connectivity index (χ4n) is 1.05. The summed E-state index contributed by atoms with van der Waals surface area (Å²) in [5.41, 5.74) is 2.76. The molecule has 0 radical (unpaired) electrons. The van der Waals surface area contributed by atoms with E-state index in [1.807, 2.05) is 0 Å². The van der Waals surface area contributed by atoms with E-state index < -0.39 is 5.82 Å². The quantitative estimate of drug-likeness (QED) is 0.636. The molecule has 0 amide bonds. The lowest BCUT2D eigenvalue weighted by atomic mass is 10.2. The average molecular weight is 240 g/mol. The summed E-state index contributed by atoms with van der Waals surface area (Å²) in [6, 6.07) is 4.42. The summed E-state index contributed by atoms with van der Waals surface area (Å²) in [5.74, 6) is -0.0701. The van der Waals surface area contributed by atoms with Gasteiger partial charge in [0.15, 0.2) is 0 Å². The normalized spacial score (nSPS) is 10.9. The van der Waals surface area contributed by atoms with Crippen molar-refractivity contribution in [2.45, 2.75) is 0 Å². The molecule has 0 fully saturated rings. The van der Waals surface area contributed by atoms with Crippen LogP contribution >= 0.6 is 11.6 Å². The standard InChI is InChI=1S/C9H7ClFN5/c10-7-2-1-3-8(11)6(7)4-13-15-9-12-5-14-16-9/h1-5H,(H2,12,14,15,16). The van der Waals surface area contributed by atoms with Crippen molar-refractivity contribution in [2.24, 2.45) is 5.10 Å². The van der Waals surface area contributed by atoms with Crippen LogP contribution in [0.1, 0.15) is 5.56 Å². The fraction of sp³-hybridized carbons (Fsp3) is 0. The Morgan fingerprint density at radius 1 is 1.50 bits per heavy atom. The molecule has 2 N–H and O–H groups in total. The Hall–Kier alpha value is -1.95.